The minimum atomic E-state index is 0.123. The van der Waals surface area contributed by atoms with Gasteiger partial charge in [0, 0.05) is 5.56 Å². The van der Waals surface area contributed by atoms with Gasteiger partial charge < -0.3 is 0 Å². The van der Waals surface area contributed by atoms with Crippen molar-refractivity contribution in [2.24, 2.45) is 0 Å². The van der Waals surface area contributed by atoms with Crippen LogP contribution in [0.4, 0.5) is 0 Å². The lowest BCUT2D eigenvalue weighted by Crippen LogP contribution is -2.09. The summed E-state index contributed by atoms with van der Waals surface area (Å²) in [6.07, 6.45) is 6.41. The summed E-state index contributed by atoms with van der Waals surface area (Å²) >= 11 is 1.12. The molecule has 1 nitrogen and oxygen atoms in total. The first-order chi connectivity index (χ1) is 7.83. The fraction of sp³-hybridized carbons (Fsp3) is 0.462. The predicted molar refractivity (Wildman–Crippen MR) is 69.9 cm³/mol. The third-order valence-corrected chi connectivity index (χ3v) is 4.28. The van der Waals surface area contributed by atoms with Crippen molar-refractivity contribution in [3.63, 3.8) is 0 Å². The molecule has 0 heterocycles. The van der Waals surface area contributed by atoms with E-state index in [0.29, 0.717) is 5.92 Å². The van der Waals surface area contributed by atoms with Gasteiger partial charge in [0.1, 0.15) is 9.39 Å². The van der Waals surface area contributed by atoms with Crippen molar-refractivity contribution in [2.45, 2.75) is 38.0 Å². The molecule has 1 aliphatic rings. The summed E-state index contributed by atoms with van der Waals surface area (Å²) in [5.41, 5.74) is 2.13. The molecule has 0 atom stereocenters. The molecule has 2 rings (SSSR count). The van der Waals surface area contributed by atoms with Crippen molar-refractivity contribution in [3.05, 3.63) is 35.4 Å². The Hall–Kier alpha value is -0.543. The number of carbonyl (C=O) groups excluding carboxylic acids is 1. The van der Waals surface area contributed by atoms with Gasteiger partial charge in [-0.2, -0.15) is 0 Å². The molecule has 0 saturated heterocycles. The average molecular weight is 247 g/mol. The highest BCUT2D eigenvalue weighted by atomic mass is 32.4. The molecule has 0 bridgehead atoms. The highest BCUT2D eigenvalue weighted by Gasteiger charge is 2.20. The second-order valence-electron chi connectivity index (χ2n) is 4.31. The fourth-order valence-electron chi connectivity index (χ4n) is 2.51. The van der Waals surface area contributed by atoms with Crippen LogP contribution in [-0.4, -0.2) is 14.5 Å². The van der Waals surface area contributed by atoms with Gasteiger partial charge in [-0.05, 0) is 24.3 Å². The lowest BCUT2D eigenvalue weighted by molar-refractivity contribution is 0.108. The Morgan fingerprint density at radius 3 is 2.56 bits per heavy atom. The van der Waals surface area contributed by atoms with E-state index in [2.05, 4.69) is 15.5 Å². The Labute approximate surface area is 104 Å². The van der Waals surface area contributed by atoms with Crippen molar-refractivity contribution >= 4 is 25.7 Å². The lowest BCUT2D eigenvalue weighted by atomic mass is 9.82. The van der Waals surface area contributed by atoms with Crippen LogP contribution in [0.3, 0.4) is 0 Å². The van der Waals surface area contributed by atoms with Crippen LogP contribution in [0.1, 0.15) is 53.9 Å². The number of carbonyl (C=O) groups is 1. The first-order valence-corrected chi connectivity index (χ1v) is 7.84. The first-order valence-electron chi connectivity index (χ1n) is 5.79. The van der Waals surface area contributed by atoms with Crippen molar-refractivity contribution in [2.75, 3.05) is 0 Å². The zero-order valence-corrected chi connectivity index (χ0v) is 11.1. The molecular formula is C13H15OSSi. The van der Waals surface area contributed by atoms with Gasteiger partial charge in [0.2, 0.25) is 5.12 Å². The van der Waals surface area contributed by atoms with E-state index in [1.807, 2.05) is 18.2 Å². The summed E-state index contributed by atoms with van der Waals surface area (Å²) in [6, 6.07) is 8.05. The summed E-state index contributed by atoms with van der Waals surface area (Å²) in [6.45, 7) is 0. The molecule has 3 heteroatoms. The van der Waals surface area contributed by atoms with E-state index < -0.39 is 0 Å². The molecule has 0 spiro atoms. The van der Waals surface area contributed by atoms with Crippen LogP contribution in [0.15, 0.2) is 24.3 Å². The number of hydrogen-bond donors (Lipinski definition) is 0. The first kappa shape index (κ1) is 11.9. The smallest absolute Gasteiger partial charge is 0.213 e. The van der Waals surface area contributed by atoms with E-state index in [1.165, 1.54) is 37.7 Å². The zero-order valence-electron chi connectivity index (χ0n) is 9.24. The molecule has 0 N–H and O–H groups in total. The van der Waals surface area contributed by atoms with E-state index in [9.17, 15) is 4.79 Å². The largest absolute Gasteiger partial charge is 0.282 e. The normalized spacial score (nSPS) is 17.3. The van der Waals surface area contributed by atoms with Gasteiger partial charge in [-0.1, -0.05) is 43.5 Å². The van der Waals surface area contributed by atoms with Gasteiger partial charge in [-0.15, -0.1) is 11.2 Å². The van der Waals surface area contributed by atoms with Crippen LogP contribution in [0.5, 0.6) is 0 Å². The van der Waals surface area contributed by atoms with Crippen LogP contribution >= 0.6 is 11.2 Å². The molecular weight excluding hydrogens is 232 g/mol. The van der Waals surface area contributed by atoms with Crippen LogP contribution in [0, 0.1) is 0 Å². The molecule has 3 radical (unpaired) electrons. The maximum atomic E-state index is 11.8. The molecule has 0 unspecified atom stereocenters. The quantitative estimate of drug-likeness (QED) is 0.741. The number of hydrogen-bond acceptors (Lipinski definition) is 2. The predicted octanol–water partition coefficient (Wildman–Crippen LogP) is 3.69. The summed E-state index contributed by atoms with van der Waals surface area (Å²) in [5.74, 6) is 0.590. The molecule has 0 aromatic heterocycles. The van der Waals surface area contributed by atoms with E-state index >= 15 is 0 Å². The Bertz CT molecular complexity index is 372. The third kappa shape index (κ3) is 2.58. The summed E-state index contributed by atoms with van der Waals surface area (Å²) in [7, 11) is 3.23. The topological polar surface area (TPSA) is 17.1 Å². The van der Waals surface area contributed by atoms with Gasteiger partial charge in [0.25, 0.3) is 0 Å². The highest BCUT2D eigenvalue weighted by Crippen LogP contribution is 2.35. The molecule has 1 saturated carbocycles. The Morgan fingerprint density at radius 1 is 1.19 bits per heavy atom. The SMILES string of the molecule is O=C(S[Si])c1ccccc1C1CCCCC1. The van der Waals surface area contributed by atoms with Crippen LogP contribution in [0.25, 0.3) is 0 Å². The Kier molecular flexibility index (Phi) is 4.24. The van der Waals surface area contributed by atoms with E-state index in [1.54, 1.807) is 0 Å². The standard InChI is InChI=1S/C13H15OSSi/c14-13(15-16)12-9-5-4-8-11(12)10-6-2-1-3-7-10/h4-5,8-10H,1-3,6-7H2. The van der Waals surface area contributed by atoms with Crippen molar-refractivity contribution < 1.29 is 4.79 Å². The minimum Gasteiger partial charge on any atom is -0.282 e. The van der Waals surface area contributed by atoms with Crippen molar-refractivity contribution in [1.29, 1.82) is 0 Å². The maximum absolute atomic E-state index is 11.8. The highest BCUT2D eigenvalue weighted by molar-refractivity contribution is 8.31. The molecule has 0 amide bonds. The minimum absolute atomic E-state index is 0.123. The van der Waals surface area contributed by atoms with E-state index in [-0.39, 0.29) is 5.12 Å². The Morgan fingerprint density at radius 2 is 1.88 bits per heavy atom. The lowest BCUT2D eigenvalue weighted by Gasteiger charge is -2.23. The van der Waals surface area contributed by atoms with Gasteiger partial charge in [0.15, 0.2) is 0 Å². The van der Waals surface area contributed by atoms with Crippen LogP contribution in [0.2, 0.25) is 0 Å². The van der Waals surface area contributed by atoms with Crippen molar-refractivity contribution in [3.8, 4) is 0 Å². The molecule has 1 fully saturated rings. The number of rotatable bonds is 2. The summed E-state index contributed by atoms with van der Waals surface area (Å²) < 4.78 is 0. The van der Waals surface area contributed by atoms with E-state index in [0.717, 1.165) is 16.8 Å². The molecule has 0 aliphatic heterocycles. The maximum Gasteiger partial charge on any atom is 0.213 e. The second kappa shape index (κ2) is 5.69. The zero-order chi connectivity index (χ0) is 11.4. The summed E-state index contributed by atoms with van der Waals surface area (Å²) in [5, 5.41) is 0.123. The van der Waals surface area contributed by atoms with Gasteiger partial charge in [0.05, 0.1) is 0 Å². The molecule has 1 aromatic carbocycles. The average Bonchev–Trinajstić information content (AvgIpc) is 2.39. The van der Waals surface area contributed by atoms with Crippen LogP contribution in [-0.2, 0) is 0 Å². The number of benzene rings is 1. The van der Waals surface area contributed by atoms with E-state index in [4.69, 9.17) is 0 Å². The van der Waals surface area contributed by atoms with Gasteiger partial charge in [-0.3, -0.25) is 4.79 Å². The Balaban J connectivity index is 2.28. The van der Waals surface area contributed by atoms with Crippen molar-refractivity contribution in [1.82, 2.24) is 0 Å². The second-order valence-corrected chi connectivity index (χ2v) is 5.50. The molecule has 1 aliphatic carbocycles. The molecule has 16 heavy (non-hydrogen) atoms. The molecule has 83 valence electrons. The summed E-state index contributed by atoms with van der Waals surface area (Å²) in [4.78, 5) is 11.8. The molecule has 1 aromatic rings. The fourth-order valence-corrected chi connectivity index (χ4v) is 3.13. The van der Waals surface area contributed by atoms with Gasteiger partial charge >= 0.3 is 0 Å². The monoisotopic (exact) mass is 247 g/mol. The van der Waals surface area contributed by atoms with Gasteiger partial charge in [-0.25, -0.2) is 0 Å². The van der Waals surface area contributed by atoms with Crippen LogP contribution < -0.4 is 0 Å². The third-order valence-electron chi connectivity index (χ3n) is 3.32.